The molecule has 0 radical (unpaired) electrons. The Morgan fingerprint density at radius 3 is 1.18 bits per heavy atom. The van der Waals surface area contributed by atoms with Gasteiger partial charge in [-0.2, -0.15) is 0 Å². The smallest absolute Gasteiger partial charge is 0.0538 e. The van der Waals surface area contributed by atoms with E-state index in [9.17, 15) is 0 Å². The molecular formula is C52H30N2S2. The molecule has 0 aliphatic heterocycles. The van der Waals surface area contributed by atoms with Crippen LogP contribution in [0.1, 0.15) is 0 Å². The van der Waals surface area contributed by atoms with Gasteiger partial charge < -0.3 is 0 Å². The first-order valence-electron chi connectivity index (χ1n) is 18.9. The fourth-order valence-electron chi connectivity index (χ4n) is 8.91. The van der Waals surface area contributed by atoms with Crippen molar-refractivity contribution in [1.29, 1.82) is 0 Å². The topological polar surface area (TPSA) is 25.8 Å². The van der Waals surface area contributed by atoms with Crippen molar-refractivity contribution in [3.63, 3.8) is 0 Å². The normalized spacial score (nSPS) is 11.9. The van der Waals surface area contributed by atoms with E-state index in [1.165, 1.54) is 118 Å². The molecule has 2 nitrogen and oxygen atoms in total. The molecule has 12 rings (SSSR count). The maximum absolute atomic E-state index is 4.46. The molecule has 0 bridgehead atoms. The summed E-state index contributed by atoms with van der Waals surface area (Å²) in [7, 11) is 0. The molecule has 260 valence electrons. The summed E-state index contributed by atoms with van der Waals surface area (Å²) >= 11 is 3.66. The highest BCUT2D eigenvalue weighted by Gasteiger charge is 2.23. The van der Waals surface area contributed by atoms with Crippen molar-refractivity contribution < 1.29 is 0 Å². The first kappa shape index (κ1) is 31.6. The molecule has 0 unspecified atom stereocenters. The molecule has 0 fully saturated rings. The molecule has 0 saturated carbocycles. The van der Waals surface area contributed by atoms with Crippen LogP contribution in [0.15, 0.2) is 183 Å². The van der Waals surface area contributed by atoms with E-state index in [1.807, 2.05) is 47.5 Å². The number of hydrogen-bond donors (Lipinski definition) is 0. The molecule has 11 aromatic rings. The molecule has 0 saturated heterocycles. The lowest BCUT2D eigenvalue weighted by molar-refractivity contribution is 1.37. The summed E-state index contributed by atoms with van der Waals surface area (Å²) in [6.45, 7) is 0. The first-order valence-corrected chi connectivity index (χ1v) is 20.5. The number of nitrogens with zero attached hydrogens (tertiary/aromatic N) is 2. The zero-order valence-electron chi connectivity index (χ0n) is 30.0. The van der Waals surface area contributed by atoms with E-state index >= 15 is 0 Å². The molecule has 0 N–H and O–H groups in total. The van der Waals surface area contributed by atoms with Gasteiger partial charge in [0, 0.05) is 55.7 Å². The zero-order chi connectivity index (χ0) is 36.7. The lowest BCUT2D eigenvalue weighted by Gasteiger charge is -2.23. The van der Waals surface area contributed by atoms with Crippen LogP contribution in [0.2, 0.25) is 0 Å². The van der Waals surface area contributed by atoms with Gasteiger partial charge >= 0.3 is 0 Å². The molecule has 1 aliphatic rings. The first-order chi connectivity index (χ1) is 27.8. The Hall–Kier alpha value is -6.72. The van der Waals surface area contributed by atoms with Crippen molar-refractivity contribution in [2.45, 2.75) is 0 Å². The summed E-state index contributed by atoms with van der Waals surface area (Å²) < 4.78 is 4.98. The van der Waals surface area contributed by atoms with E-state index in [2.05, 4.69) is 168 Å². The third-order valence-electron chi connectivity index (χ3n) is 11.5. The van der Waals surface area contributed by atoms with E-state index in [4.69, 9.17) is 0 Å². The summed E-state index contributed by atoms with van der Waals surface area (Å²) in [5, 5.41) is 5.05. The van der Waals surface area contributed by atoms with Crippen LogP contribution in [0.4, 0.5) is 0 Å². The molecule has 1 aliphatic carbocycles. The van der Waals surface area contributed by atoms with Crippen molar-refractivity contribution in [2.75, 3.05) is 0 Å². The SMILES string of the molecule is c1ccc2c(c1)-c1ccccc1-c1ccc(-c3cc(-c4cccc5c4sc4cnccc45)cc(-c4cccc5c4sc4cnccc45)c3)cc1-c1ccccc1-2. The predicted octanol–water partition coefficient (Wildman–Crippen LogP) is 15.2. The van der Waals surface area contributed by atoms with Gasteiger partial charge in [-0.1, -0.05) is 121 Å². The maximum Gasteiger partial charge on any atom is 0.0538 e. The molecular weight excluding hydrogens is 717 g/mol. The lowest BCUT2D eigenvalue weighted by atomic mass is 9.80. The second-order valence-corrected chi connectivity index (χ2v) is 16.6. The highest BCUT2D eigenvalue weighted by molar-refractivity contribution is 7.26. The number of benzene rings is 7. The molecule has 0 amide bonds. The average molecular weight is 747 g/mol. The van der Waals surface area contributed by atoms with Gasteiger partial charge in [-0.25, -0.2) is 0 Å². The summed E-state index contributed by atoms with van der Waals surface area (Å²) in [6, 6.07) is 58.7. The van der Waals surface area contributed by atoms with Crippen LogP contribution in [-0.2, 0) is 0 Å². The van der Waals surface area contributed by atoms with Crippen LogP contribution in [-0.4, -0.2) is 9.97 Å². The highest BCUT2D eigenvalue weighted by atomic mass is 32.1. The molecule has 56 heavy (non-hydrogen) atoms. The summed E-state index contributed by atoms with van der Waals surface area (Å²) in [6.07, 6.45) is 7.79. The molecule has 4 aromatic heterocycles. The Morgan fingerprint density at radius 1 is 0.286 bits per heavy atom. The Kier molecular flexibility index (Phi) is 7.00. The average Bonchev–Trinajstić information content (AvgIpc) is 3.84. The third kappa shape index (κ3) is 4.80. The van der Waals surface area contributed by atoms with Crippen LogP contribution < -0.4 is 0 Å². The van der Waals surface area contributed by atoms with Gasteiger partial charge in [0.25, 0.3) is 0 Å². The van der Waals surface area contributed by atoms with Gasteiger partial charge in [-0.05, 0) is 114 Å². The van der Waals surface area contributed by atoms with Crippen LogP contribution in [0, 0.1) is 0 Å². The minimum absolute atomic E-state index is 1.19. The quantitative estimate of drug-likeness (QED) is 0.180. The number of fused-ring (bicyclic) bond motifs is 14. The second-order valence-electron chi connectivity index (χ2n) is 14.5. The van der Waals surface area contributed by atoms with Crippen molar-refractivity contribution in [3.8, 4) is 77.9 Å². The summed E-state index contributed by atoms with van der Waals surface area (Å²) in [5.74, 6) is 0. The zero-order valence-corrected chi connectivity index (χ0v) is 31.7. The fourth-order valence-corrected chi connectivity index (χ4v) is 11.3. The van der Waals surface area contributed by atoms with Crippen molar-refractivity contribution in [2.24, 2.45) is 0 Å². The third-order valence-corrected chi connectivity index (χ3v) is 13.8. The largest absolute Gasteiger partial charge is 0.263 e. The van der Waals surface area contributed by atoms with E-state index in [-0.39, 0.29) is 0 Å². The van der Waals surface area contributed by atoms with Gasteiger partial charge in [-0.3, -0.25) is 9.97 Å². The molecule has 4 heteroatoms. The van der Waals surface area contributed by atoms with E-state index < -0.39 is 0 Å². The van der Waals surface area contributed by atoms with Crippen LogP contribution in [0.5, 0.6) is 0 Å². The fraction of sp³-hybridized carbons (Fsp3) is 0. The Balaban J connectivity index is 1.13. The molecule has 0 atom stereocenters. The van der Waals surface area contributed by atoms with E-state index in [0.717, 1.165) is 0 Å². The maximum atomic E-state index is 4.46. The Labute approximate surface area is 331 Å². The second kappa shape index (κ2) is 12.4. The Morgan fingerprint density at radius 2 is 0.696 bits per heavy atom. The number of pyridine rings is 2. The van der Waals surface area contributed by atoms with Crippen molar-refractivity contribution >= 4 is 63.0 Å². The van der Waals surface area contributed by atoms with Gasteiger partial charge in [-0.15, -0.1) is 22.7 Å². The van der Waals surface area contributed by atoms with Crippen LogP contribution >= 0.6 is 22.7 Å². The standard InChI is InChI=1S/C52H30N2S2/c1-2-10-38-37(9-1)39-11-3-4-13-41(39)43-20-19-31(28-48(43)42-14-6-5-12-40(38)42)32-25-33(35-15-7-17-46-44-21-23-53-29-49(44)55-51(35)46)27-34(26-32)36-16-8-18-47-45-22-24-54-30-50(45)56-52(36)47/h1-30H. The van der Waals surface area contributed by atoms with E-state index in [1.54, 1.807) is 0 Å². The van der Waals surface area contributed by atoms with Gasteiger partial charge in [0.05, 0.1) is 9.40 Å². The van der Waals surface area contributed by atoms with E-state index in [0.29, 0.717) is 0 Å². The van der Waals surface area contributed by atoms with Crippen LogP contribution in [0.25, 0.3) is 118 Å². The number of thiophene rings is 2. The molecule has 4 heterocycles. The van der Waals surface area contributed by atoms with Gasteiger partial charge in [0.1, 0.15) is 0 Å². The summed E-state index contributed by atoms with van der Waals surface area (Å²) in [5.41, 5.74) is 17.3. The molecule has 0 spiro atoms. The Bertz CT molecular complexity index is 3250. The van der Waals surface area contributed by atoms with Crippen molar-refractivity contribution in [1.82, 2.24) is 9.97 Å². The minimum atomic E-state index is 1.19. The van der Waals surface area contributed by atoms with Gasteiger partial charge in [0.2, 0.25) is 0 Å². The van der Waals surface area contributed by atoms with Crippen molar-refractivity contribution in [3.05, 3.63) is 183 Å². The van der Waals surface area contributed by atoms with Crippen LogP contribution in [0.3, 0.4) is 0 Å². The van der Waals surface area contributed by atoms with Gasteiger partial charge in [0.15, 0.2) is 0 Å². The minimum Gasteiger partial charge on any atom is -0.263 e. The number of hydrogen-bond acceptors (Lipinski definition) is 4. The summed E-state index contributed by atoms with van der Waals surface area (Å²) in [4.78, 5) is 8.92. The number of rotatable bonds is 3. The lowest BCUT2D eigenvalue weighted by Crippen LogP contribution is -1.97. The highest BCUT2D eigenvalue weighted by Crippen LogP contribution is 2.50. The predicted molar refractivity (Wildman–Crippen MR) is 239 cm³/mol. The number of aromatic nitrogens is 2. The molecule has 7 aromatic carbocycles. The monoisotopic (exact) mass is 746 g/mol.